The smallest absolute Gasteiger partial charge is 0.258 e. The number of aliphatic hydroxyl groups excluding tert-OH is 1. The molecule has 2 amide bonds. The predicted octanol–water partition coefficient (Wildman–Crippen LogP) is 2.01. The van der Waals surface area contributed by atoms with Gasteiger partial charge in [-0.15, -0.1) is 0 Å². The van der Waals surface area contributed by atoms with Crippen molar-refractivity contribution >= 4 is 23.4 Å². The summed E-state index contributed by atoms with van der Waals surface area (Å²) in [6, 6.07) is 3.88. The number of nitrogens with one attached hydrogen (secondary N) is 3. The van der Waals surface area contributed by atoms with Gasteiger partial charge < -0.3 is 25.8 Å². The minimum atomic E-state index is -0.592. The molecule has 3 aliphatic carbocycles. The van der Waals surface area contributed by atoms with Gasteiger partial charge in [-0.25, -0.2) is 4.39 Å². The van der Waals surface area contributed by atoms with Crippen LogP contribution in [-0.4, -0.2) is 54.8 Å². The van der Waals surface area contributed by atoms with Gasteiger partial charge in [-0.3, -0.25) is 9.59 Å². The number of hydrogen-bond donors (Lipinski definition) is 4. The van der Waals surface area contributed by atoms with Crippen molar-refractivity contribution in [3.8, 4) is 5.75 Å². The number of rotatable bonds is 8. The van der Waals surface area contributed by atoms with E-state index in [9.17, 15) is 19.1 Å². The third kappa shape index (κ3) is 5.53. The lowest BCUT2D eigenvalue weighted by Gasteiger charge is -2.51. The Balaban J connectivity index is 1.25. The van der Waals surface area contributed by atoms with Gasteiger partial charge in [0.2, 0.25) is 5.91 Å². The molecule has 4 unspecified atom stereocenters. The predicted molar refractivity (Wildman–Crippen MR) is 118 cm³/mol. The fraction of sp³-hybridized carbons (Fsp3) is 0.652. The lowest BCUT2D eigenvalue weighted by Crippen LogP contribution is -2.62. The maximum Gasteiger partial charge on any atom is 0.258 e. The highest BCUT2D eigenvalue weighted by atomic mass is 35.5. The van der Waals surface area contributed by atoms with Crippen LogP contribution in [0.1, 0.15) is 38.5 Å². The minimum Gasteiger partial charge on any atom is -0.484 e. The number of amides is 2. The summed E-state index contributed by atoms with van der Waals surface area (Å²) in [6.45, 7) is 0.737. The summed E-state index contributed by atoms with van der Waals surface area (Å²) in [5.74, 6) is 0.666. The molecule has 2 bridgehead atoms. The number of ether oxygens (including phenoxy) is 1. The topological polar surface area (TPSA) is 99.7 Å². The van der Waals surface area contributed by atoms with E-state index >= 15 is 0 Å². The monoisotopic (exact) mass is 467 g/mol. The van der Waals surface area contributed by atoms with E-state index in [1.165, 1.54) is 12.1 Å². The highest BCUT2D eigenvalue weighted by molar-refractivity contribution is 6.30. The Labute approximate surface area is 192 Å². The average molecular weight is 468 g/mol. The van der Waals surface area contributed by atoms with Crippen LogP contribution < -0.4 is 20.7 Å². The van der Waals surface area contributed by atoms with Crippen molar-refractivity contribution in [3.63, 3.8) is 0 Å². The number of piperidine rings is 1. The molecular formula is C23H31ClFN3O4. The van der Waals surface area contributed by atoms with E-state index < -0.39 is 5.82 Å². The van der Waals surface area contributed by atoms with Crippen molar-refractivity contribution in [1.82, 2.24) is 16.0 Å². The van der Waals surface area contributed by atoms with Crippen molar-refractivity contribution in [2.24, 2.45) is 17.8 Å². The van der Waals surface area contributed by atoms with Gasteiger partial charge in [0, 0.05) is 24.8 Å². The number of hydrogen-bond acceptors (Lipinski definition) is 5. The Hall–Kier alpha value is -1.90. The summed E-state index contributed by atoms with van der Waals surface area (Å²) in [5, 5.41) is 18.7. The first-order chi connectivity index (χ1) is 15.4. The summed E-state index contributed by atoms with van der Waals surface area (Å²) in [7, 11) is 0. The number of carbonyl (C=O) groups excluding carboxylic acids is 2. The van der Waals surface area contributed by atoms with Crippen molar-refractivity contribution in [2.75, 3.05) is 19.8 Å². The van der Waals surface area contributed by atoms with E-state index in [-0.39, 0.29) is 53.9 Å². The van der Waals surface area contributed by atoms with Gasteiger partial charge in [0.05, 0.1) is 11.1 Å². The van der Waals surface area contributed by atoms with Crippen LogP contribution in [0.2, 0.25) is 5.02 Å². The number of benzene rings is 1. The molecule has 9 heteroatoms. The second kappa shape index (κ2) is 10.4. The Morgan fingerprint density at radius 1 is 1.16 bits per heavy atom. The van der Waals surface area contributed by atoms with E-state index in [1.54, 1.807) is 0 Å². The van der Waals surface area contributed by atoms with Crippen LogP contribution in [0, 0.1) is 23.6 Å². The molecule has 176 valence electrons. The number of carbonyl (C=O) groups is 2. The van der Waals surface area contributed by atoms with Crippen LogP contribution in [0.5, 0.6) is 5.75 Å². The second-order valence-electron chi connectivity index (χ2n) is 9.29. The van der Waals surface area contributed by atoms with Gasteiger partial charge in [-0.1, -0.05) is 11.6 Å². The molecule has 4 fully saturated rings. The molecule has 0 spiro atoms. The van der Waals surface area contributed by atoms with E-state index in [1.807, 2.05) is 0 Å². The molecule has 32 heavy (non-hydrogen) atoms. The molecule has 1 saturated heterocycles. The van der Waals surface area contributed by atoms with E-state index in [0.717, 1.165) is 44.7 Å². The van der Waals surface area contributed by atoms with Gasteiger partial charge in [0.25, 0.3) is 5.91 Å². The lowest BCUT2D eigenvalue weighted by atomic mass is 9.60. The molecule has 1 aliphatic heterocycles. The normalized spacial score (nSPS) is 31.3. The maximum atomic E-state index is 13.5. The van der Waals surface area contributed by atoms with Crippen molar-refractivity contribution in [3.05, 3.63) is 29.0 Å². The molecule has 1 aromatic carbocycles. The first-order valence-electron chi connectivity index (χ1n) is 11.4. The quantitative estimate of drug-likeness (QED) is 0.468. The Morgan fingerprint density at radius 2 is 1.91 bits per heavy atom. The molecule has 4 aliphatic rings. The first-order valence-corrected chi connectivity index (χ1v) is 11.8. The van der Waals surface area contributed by atoms with Crippen molar-refractivity contribution in [1.29, 1.82) is 0 Å². The summed E-state index contributed by atoms with van der Waals surface area (Å²) < 4.78 is 18.9. The highest BCUT2D eigenvalue weighted by Gasteiger charge is 2.47. The summed E-state index contributed by atoms with van der Waals surface area (Å²) in [5.41, 5.74) is 0. The van der Waals surface area contributed by atoms with Gasteiger partial charge in [-0.2, -0.15) is 0 Å². The van der Waals surface area contributed by atoms with Crippen LogP contribution in [0.4, 0.5) is 4.39 Å². The summed E-state index contributed by atoms with van der Waals surface area (Å²) >= 11 is 5.66. The van der Waals surface area contributed by atoms with E-state index in [2.05, 4.69) is 16.0 Å². The molecule has 3 saturated carbocycles. The van der Waals surface area contributed by atoms with Crippen LogP contribution in [0.25, 0.3) is 0 Å². The van der Waals surface area contributed by atoms with Crippen molar-refractivity contribution in [2.45, 2.75) is 56.7 Å². The van der Waals surface area contributed by atoms with Crippen LogP contribution >= 0.6 is 11.6 Å². The third-order valence-corrected chi connectivity index (χ3v) is 7.46. The highest BCUT2D eigenvalue weighted by Crippen LogP contribution is 2.45. The zero-order valence-electron chi connectivity index (χ0n) is 18.0. The fourth-order valence-electron chi connectivity index (χ4n) is 5.27. The molecule has 1 aromatic rings. The number of aliphatic hydroxyl groups is 1. The lowest BCUT2D eigenvalue weighted by molar-refractivity contribution is -0.128. The van der Waals surface area contributed by atoms with Gasteiger partial charge >= 0.3 is 0 Å². The molecule has 1 heterocycles. The third-order valence-electron chi connectivity index (χ3n) is 7.16. The Kier molecular flexibility index (Phi) is 7.53. The largest absolute Gasteiger partial charge is 0.484 e. The molecule has 0 radical (unpaired) electrons. The maximum absolute atomic E-state index is 13.5. The first kappa shape index (κ1) is 23.3. The van der Waals surface area contributed by atoms with Gasteiger partial charge in [0.15, 0.2) is 6.61 Å². The average Bonchev–Trinajstić information content (AvgIpc) is 2.74. The Morgan fingerprint density at radius 3 is 2.62 bits per heavy atom. The number of halogens is 2. The standard InChI is InChI=1S/C23H31ClFN3O4/c24-17-2-1-16(10-18(17)25)32-12-22(30)27-19-11-20(15-8-14(19)9-15)28-23(31)21-7-13(4-6-29)3-5-26-21/h1-2,10,13-15,19-21,26,29H,3-9,11-12H2,(H,27,30)(H,28,31). The van der Waals surface area contributed by atoms with E-state index in [0.29, 0.717) is 24.2 Å². The molecule has 7 nitrogen and oxygen atoms in total. The SMILES string of the molecule is O=C(COc1ccc(Cl)c(F)c1)NC1CC(NC(=O)C2CC(CCO)CCN2)C2CC1C2. The van der Waals surface area contributed by atoms with E-state index in [4.69, 9.17) is 16.3 Å². The van der Waals surface area contributed by atoms with Crippen LogP contribution in [0.15, 0.2) is 18.2 Å². The Bertz CT molecular complexity index is 833. The van der Waals surface area contributed by atoms with Crippen molar-refractivity contribution < 1.29 is 23.8 Å². The van der Waals surface area contributed by atoms with Gasteiger partial charge in [-0.05, 0) is 75.0 Å². The molecular weight excluding hydrogens is 437 g/mol. The number of fused-ring (bicyclic) bond motifs is 2. The van der Waals surface area contributed by atoms with Crippen LogP contribution in [-0.2, 0) is 9.59 Å². The minimum absolute atomic E-state index is 0.00368. The van der Waals surface area contributed by atoms with Gasteiger partial charge in [0.1, 0.15) is 11.6 Å². The summed E-state index contributed by atoms with van der Waals surface area (Å²) in [4.78, 5) is 25.2. The zero-order valence-corrected chi connectivity index (χ0v) is 18.7. The van der Waals surface area contributed by atoms with Crippen LogP contribution in [0.3, 0.4) is 0 Å². The molecule has 4 N–H and O–H groups in total. The fourth-order valence-corrected chi connectivity index (χ4v) is 5.38. The second-order valence-corrected chi connectivity index (χ2v) is 9.70. The molecule has 0 aromatic heterocycles. The molecule has 5 rings (SSSR count). The molecule has 4 atom stereocenters. The summed E-state index contributed by atoms with van der Waals surface area (Å²) in [6.07, 6.45) is 5.15. The zero-order chi connectivity index (χ0) is 22.7.